The molecule has 1 rings (SSSR count). The number of ether oxygens (including phenoxy) is 1. The van der Waals surface area contributed by atoms with Gasteiger partial charge in [0.05, 0.1) is 11.1 Å². The van der Waals surface area contributed by atoms with E-state index in [1.54, 1.807) is 6.92 Å². The molecule has 0 saturated heterocycles. The lowest BCUT2D eigenvalue weighted by molar-refractivity contribution is -0.137. The molecule has 0 amide bonds. The van der Waals surface area contributed by atoms with Crippen LogP contribution in [0.5, 0.6) is 0 Å². The minimum absolute atomic E-state index is 0.135. The molecule has 0 spiro atoms. The fourth-order valence-electron chi connectivity index (χ4n) is 1.58. The van der Waals surface area contributed by atoms with E-state index in [1.807, 2.05) is 0 Å². The van der Waals surface area contributed by atoms with Crippen molar-refractivity contribution in [1.82, 2.24) is 0 Å². The van der Waals surface area contributed by atoms with Crippen molar-refractivity contribution in [3.8, 4) is 0 Å². The molecule has 0 radical (unpaired) electrons. The number of carbonyl (C=O) groups is 1. The minimum atomic E-state index is -1.41. The van der Waals surface area contributed by atoms with Crippen LogP contribution in [-0.2, 0) is 9.53 Å². The first-order valence-corrected chi connectivity index (χ1v) is 5.66. The maximum atomic E-state index is 12.8. The molecule has 0 bridgehead atoms. The smallest absolute Gasteiger partial charge is 0.344 e. The Morgan fingerprint density at radius 1 is 1.47 bits per heavy atom. The number of carbonyl (C=O) groups excluding carboxylic acids is 1. The number of alkyl halides is 2. The zero-order chi connectivity index (χ0) is 11.4. The Morgan fingerprint density at radius 2 is 2.00 bits per heavy atom. The second-order valence-electron chi connectivity index (χ2n) is 3.50. The summed E-state index contributed by atoms with van der Waals surface area (Å²) in [5.41, 5.74) is 0. The Bertz CT molecular complexity index is 258. The van der Waals surface area contributed by atoms with Crippen LogP contribution in [0.1, 0.15) is 19.8 Å². The van der Waals surface area contributed by atoms with Gasteiger partial charge < -0.3 is 4.74 Å². The van der Waals surface area contributed by atoms with E-state index in [0.29, 0.717) is 0 Å². The molecule has 1 aliphatic carbocycles. The molecule has 3 atom stereocenters. The Hall–Kier alpha value is -0.450. The molecule has 0 aromatic heterocycles. The number of esters is 1. The normalized spacial score (nSPS) is 31.7. The van der Waals surface area contributed by atoms with Gasteiger partial charge in [-0.05, 0) is 41.6 Å². The lowest BCUT2D eigenvalue weighted by Gasteiger charge is -2.03. The van der Waals surface area contributed by atoms with Gasteiger partial charge >= 0.3 is 5.97 Å². The Balaban J connectivity index is 2.52. The summed E-state index contributed by atoms with van der Waals surface area (Å²) in [5.74, 6) is -0.719. The van der Waals surface area contributed by atoms with Crippen molar-refractivity contribution in [3.63, 3.8) is 0 Å². The molecule has 1 aliphatic rings. The van der Waals surface area contributed by atoms with E-state index in [4.69, 9.17) is 4.74 Å². The van der Waals surface area contributed by atoms with Gasteiger partial charge in [-0.3, -0.25) is 0 Å². The van der Waals surface area contributed by atoms with Crippen LogP contribution in [-0.4, -0.2) is 24.9 Å². The Morgan fingerprint density at radius 3 is 2.47 bits per heavy atom. The standard InChI is InChI=1S/C10H13BrF2O2/c1-2-15-10(14)7(11)3-6-4-8(12)9(13)5-6/h3,6,8-9H,2,4-5H2,1H3/t6?,8-,9+. The summed E-state index contributed by atoms with van der Waals surface area (Å²) in [4.78, 5) is 11.2. The fourth-order valence-corrected chi connectivity index (χ4v) is 2.07. The molecular weight excluding hydrogens is 270 g/mol. The minimum Gasteiger partial charge on any atom is -0.462 e. The molecule has 1 fully saturated rings. The highest BCUT2D eigenvalue weighted by Gasteiger charge is 2.33. The summed E-state index contributed by atoms with van der Waals surface area (Å²) >= 11 is 3.04. The highest BCUT2D eigenvalue weighted by Crippen LogP contribution is 2.33. The first-order chi connectivity index (χ1) is 7.04. The van der Waals surface area contributed by atoms with Crippen molar-refractivity contribution in [2.45, 2.75) is 32.1 Å². The summed E-state index contributed by atoms with van der Waals surface area (Å²) in [7, 11) is 0. The zero-order valence-corrected chi connectivity index (χ0v) is 9.97. The highest BCUT2D eigenvalue weighted by molar-refractivity contribution is 9.12. The van der Waals surface area contributed by atoms with Gasteiger partial charge in [0.2, 0.25) is 0 Å². The Kier molecular flexibility index (Phi) is 4.70. The molecule has 0 heterocycles. The van der Waals surface area contributed by atoms with E-state index in [1.165, 1.54) is 6.08 Å². The van der Waals surface area contributed by atoms with E-state index in [2.05, 4.69) is 15.9 Å². The summed E-state index contributed by atoms with van der Waals surface area (Å²) in [6.45, 7) is 1.98. The average molecular weight is 283 g/mol. The number of hydrogen-bond acceptors (Lipinski definition) is 2. The van der Waals surface area contributed by atoms with Crippen molar-refractivity contribution in [2.24, 2.45) is 5.92 Å². The van der Waals surface area contributed by atoms with Crippen molar-refractivity contribution in [2.75, 3.05) is 6.61 Å². The number of rotatable bonds is 3. The van der Waals surface area contributed by atoms with Gasteiger partial charge in [-0.2, -0.15) is 0 Å². The second kappa shape index (κ2) is 5.58. The third-order valence-corrected chi connectivity index (χ3v) is 2.89. The maximum absolute atomic E-state index is 12.8. The first-order valence-electron chi connectivity index (χ1n) is 4.87. The average Bonchev–Trinajstić information content (AvgIpc) is 2.46. The second-order valence-corrected chi connectivity index (χ2v) is 4.35. The molecule has 15 heavy (non-hydrogen) atoms. The summed E-state index contributed by atoms with van der Waals surface area (Å²) < 4.78 is 30.6. The summed E-state index contributed by atoms with van der Waals surface area (Å²) in [5, 5.41) is 0. The van der Waals surface area contributed by atoms with Crippen LogP contribution in [0.15, 0.2) is 10.6 Å². The molecular formula is C10H13BrF2O2. The van der Waals surface area contributed by atoms with E-state index in [0.717, 1.165) is 0 Å². The van der Waals surface area contributed by atoms with E-state index in [-0.39, 0.29) is 29.8 Å². The van der Waals surface area contributed by atoms with Gasteiger partial charge in [-0.25, -0.2) is 13.6 Å². The Labute approximate surface area is 95.8 Å². The fraction of sp³-hybridized carbons (Fsp3) is 0.700. The van der Waals surface area contributed by atoms with Gasteiger partial charge in [-0.1, -0.05) is 6.08 Å². The van der Waals surface area contributed by atoms with Crippen molar-refractivity contribution in [1.29, 1.82) is 0 Å². The predicted molar refractivity (Wildman–Crippen MR) is 56.2 cm³/mol. The SMILES string of the molecule is CCOC(=O)C(Br)=CC1C[C@@H](F)[C@@H](F)C1. The third-order valence-electron chi connectivity index (χ3n) is 2.30. The topological polar surface area (TPSA) is 26.3 Å². The molecule has 0 N–H and O–H groups in total. The van der Waals surface area contributed by atoms with Crippen LogP contribution >= 0.6 is 15.9 Å². The summed E-state index contributed by atoms with van der Waals surface area (Å²) in [6.07, 6.45) is -1.02. The van der Waals surface area contributed by atoms with Crippen LogP contribution in [0.2, 0.25) is 0 Å². The highest BCUT2D eigenvalue weighted by atomic mass is 79.9. The molecule has 1 unspecified atom stereocenters. The zero-order valence-electron chi connectivity index (χ0n) is 8.38. The van der Waals surface area contributed by atoms with E-state index >= 15 is 0 Å². The van der Waals surface area contributed by atoms with Crippen LogP contribution in [0.25, 0.3) is 0 Å². The van der Waals surface area contributed by atoms with Gasteiger partial charge in [0.25, 0.3) is 0 Å². The van der Waals surface area contributed by atoms with Crippen LogP contribution in [0, 0.1) is 5.92 Å². The largest absolute Gasteiger partial charge is 0.462 e. The monoisotopic (exact) mass is 282 g/mol. The van der Waals surface area contributed by atoms with Crippen molar-refractivity contribution in [3.05, 3.63) is 10.6 Å². The maximum Gasteiger partial charge on any atom is 0.344 e. The lowest BCUT2D eigenvalue weighted by atomic mass is 10.1. The third kappa shape index (κ3) is 3.55. The molecule has 0 aromatic carbocycles. The van der Waals surface area contributed by atoms with E-state index < -0.39 is 18.3 Å². The van der Waals surface area contributed by atoms with Crippen LogP contribution in [0.4, 0.5) is 8.78 Å². The molecule has 1 saturated carbocycles. The molecule has 0 aliphatic heterocycles. The number of hydrogen-bond donors (Lipinski definition) is 0. The van der Waals surface area contributed by atoms with E-state index in [9.17, 15) is 13.6 Å². The van der Waals surface area contributed by atoms with Crippen molar-refractivity contribution >= 4 is 21.9 Å². The first kappa shape index (κ1) is 12.6. The summed E-state index contributed by atoms with van der Waals surface area (Å²) in [6, 6.07) is 0. The van der Waals surface area contributed by atoms with Crippen LogP contribution < -0.4 is 0 Å². The molecule has 5 heteroatoms. The number of allylic oxidation sites excluding steroid dienone is 1. The van der Waals surface area contributed by atoms with Crippen molar-refractivity contribution < 1.29 is 18.3 Å². The molecule has 86 valence electrons. The predicted octanol–water partition coefficient (Wildman–Crippen LogP) is 2.91. The number of halogens is 3. The van der Waals surface area contributed by atoms with Crippen LogP contribution in [0.3, 0.4) is 0 Å². The lowest BCUT2D eigenvalue weighted by Crippen LogP contribution is -2.06. The quantitative estimate of drug-likeness (QED) is 0.588. The molecule has 0 aromatic rings. The van der Waals surface area contributed by atoms with Gasteiger partial charge in [0, 0.05) is 0 Å². The molecule has 2 nitrogen and oxygen atoms in total. The van der Waals surface area contributed by atoms with Gasteiger partial charge in [0.15, 0.2) is 0 Å². The van der Waals surface area contributed by atoms with Gasteiger partial charge in [0.1, 0.15) is 12.3 Å². The van der Waals surface area contributed by atoms with Gasteiger partial charge in [-0.15, -0.1) is 0 Å².